The number of nitrogens with one attached hydrogen (secondary N) is 1. The summed E-state index contributed by atoms with van der Waals surface area (Å²) in [5.74, 6) is 1.83. The Hall–Kier alpha value is -2.65. The van der Waals surface area contributed by atoms with Crippen molar-refractivity contribution in [3.63, 3.8) is 0 Å². The monoisotopic (exact) mass is 431 g/mol. The Kier molecular flexibility index (Phi) is 8.25. The first-order valence-electron chi connectivity index (χ1n) is 11.0. The molecule has 0 radical (unpaired) electrons. The van der Waals surface area contributed by atoms with E-state index in [0.717, 1.165) is 43.2 Å². The molecule has 1 fully saturated rings. The first-order chi connectivity index (χ1) is 15.0. The Morgan fingerprint density at radius 2 is 1.90 bits per heavy atom. The third kappa shape index (κ3) is 5.95. The summed E-state index contributed by atoms with van der Waals surface area (Å²) in [6.07, 6.45) is 1.74. The van der Waals surface area contributed by atoms with Crippen molar-refractivity contribution in [3.8, 4) is 5.75 Å². The van der Waals surface area contributed by atoms with E-state index in [1.54, 1.807) is 11.7 Å². The number of hydrogen-bond donors (Lipinski definition) is 1. The maximum Gasteiger partial charge on any atom is 0.345 e. The Bertz CT molecular complexity index is 898. The number of piperidine rings is 1. The van der Waals surface area contributed by atoms with Crippen LogP contribution < -0.4 is 15.7 Å². The second-order valence-corrected chi connectivity index (χ2v) is 7.66. The molecule has 1 aromatic carbocycles. The smallest absolute Gasteiger partial charge is 0.345 e. The summed E-state index contributed by atoms with van der Waals surface area (Å²) in [7, 11) is 1.62. The minimum Gasteiger partial charge on any atom is -0.494 e. The number of rotatable bonds is 10. The molecule has 3 rings (SSSR count). The molecule has 0 atom stereocenters. The molecule has 9 heteroatoms. The van der Waals surface area contributed by atoms with Crippen molar-refractivity contribution in [2.45, 2.75) is 45.7 Å². The van der Waals surface area contributed by atoms with Crippen LogP contribution in [0.5, 0.6) is 5.75 Å². The molecule has 2 aromatic rings. The molecule has 0 aliphatic carbocycles. The van der Waals surface area contributed by atoms with E-state index in [-0.39, 0.29) is 17.5 Å². The molecule has 31 heavy (non-hydrogen) atoms. The molecular formula is C22H33N5O4. The average Bonchev–Trinajstić information content (AvgIpc) is 3.09. The Morgan fingerprint density at radius 3 is 2.52 bits per heavy atom. The molecule has 170 valence electrons. The highest BCUT2D eigenvalue weighted by Gasteiger charge is 2.27. The van der Waals surface area contributed by atoms with Gasteiger partial charge in [0, 0.05) is 25.3 Å². The fraction of sp³-hybridized carbons (Fsp3) is 0.591. The minimum absolute atomic E-state index is 0.0306. The Labute approximate surface area is 182 Å². The number of hydrogen-bond acceptors (Lipinski definition) is 6. The number of ether oxygens (including phenoxy) is 2. The highest BCUT2D eigenvalue weighted by atomic mass is 16.5. The summed E-state index contributed by atoms with van der Waals surface area (Å²) in [5, 5.41) is 7.52. The average molecular weight is 432 g/mol. The second-order valence-electron chi connectivity index (χ2n) is 7.66. The fourth-order valence-electron chi connectivity index (χ4n) is 3.93. The van der Waals surface area contributed by atoms with Crippen molar-refractivity contribution in [3.05, 3.63) is 40.6 Å². The van der Waals surface area contributed by atoms with Gasteiger partial charge in [0.15, 0.2) is 0 Å². The van der Waals surface area contributed by atoms with Gasteiger partial charge >= 0.3 is 5.69 Å². The van der Waals surface area contributed by atoms with E-state index in [2.05, 4.69) is 15.3 Å². The normalized spacial score (nSPS) is 15.2. The molecule has 0 unspecified atom stereocenters. The van der Waals surface area contributed by atoms with Crippen LogP contribution in [0, 0.1) is 0 Å². The lowest BCUT2D eigenvalue weighted by atomic mass is 9.96. The van der Waals surface area contributed by atoms with Crippen LogP contribution in [-0.2, 0) is 22.6 Å². The van der Waals surface area contributed by atoms with Gasteiger partial charge in [-0.05, 0) is 64.0 Å². The summed E-state index contributed by atoms with van der Waals surface area (Å²) in [6, 6.07) is 7.39. The number of nitrogens with zero attached hydrogens (tertiary/aromatic N) is 4. The number of carbonyl (C=O) groups excluding carboxylic acids is 1. The maximum atomic E-state index is 12.5. The largest absolute Gasteiger partial charge is 0.494 e. The number of likely N-dealkylation sites (tertiary alicyclic amines) is 1. The molecule has 0 spiro atoms. The SMILES string of the molecule is CCOc1ccc(NC(=O)CN2CCC(c3nn(CCOC)c(=O)n3CC)CC2)cc1. The van der Waals surface area contributed by atoms with E-state index in [1.165, 1.54) is 4.68 Å². The first-order valence-corrected chi connectivity index (χ1v) is 11.0. The fourth-order valence-corrected chi connectivity index (χ4v) is 3.93. The molecule has 1 aliphatic rings. The molecule has 1 aliphatic heterocycles. The van der Waals surface area contributed by atoms with Gasteiger partial charge in [-0.1, -0.05) is 0 Å². The topological polar surface area (TPSA) is 90.6 Å². The van der Waals surface area contributed by atoms with Gasteiger partial charge in [0.1, 0.15) is 11.6 Å². The van der Waals surface area contributed by atoms with E-state index in [1.807, 2.05) is 38.1 Å². The predicted molar refractivity (Wildman–Crippen MR) is 119 cm³/mol. The van der Waals surface area contributed by atoms with E-state index < -0.39 is 0 Å². The zero-order valence-electron chi connectivity index (χ0n) is 18.7. The van der Waals surface area contributed by atoms with Crippen molar-refractivity contribution < 1.29 is 14.3 Å². The third-order valence-electron chi connectivity index (χ3n) is 5.54. The van der Waals surface area contributed by atoms with E-state index in [0.29, 0.717) is 32.8 Å². The molecule has 2 heterocycles. The molecule has 9 nitrogen and oxygen atoms in total. The van der Waals surface area contributed by atoms with Gasteiger partial charge in [0.05, 0.1) is 26.3 Å². The summed E-state index contributed by atoms with van der Waals surface area (Å²) in [5.41, 5.74) is 0.684. The van der Waals surface area contributed by atoms with Crippen LogP contribution in [0.4, 0.5) is 5.69 Å². The van der Waals surface area contributed by atoms with E-state index in [4.69, 9.17) is 9.47 Å². The summed E-state index contributed by atoms with van der Waals surface area (Å²) in [6.45, 7) is 7.98. The number of benzene rings is 1. The second kappa shape index (κ2) is 11.1. The molecule has 1 saturated heterocycles. The lowest BCUT2D eigenvalue weighted by molar-refractivity contribution is -0.117. The van der Waals surface area contributed by atoms with Crippen molar-refractivity contribution in [2.24, 2.45) is 0 Å². The van der Waals surface area contributed by atoms with Gasteiger partial charge in [-0.15, -0.1) is 0 Å². The predicted octanol–water partition coefficient (Wildman–Crippen LogP) is 1.93. The van der Waals surface area contributed by atoms with Crippen molar-refractivity contribution in [2.75, 3.05) is 45.3 Å². The van der Waals surface area contributed by atoms with Gasteiger partial charge < -0.3 is 14.8 Å². The summed E-state index contributed by atoms with van der Waals surface area (Å²) >= 11 is 0. The zero-order valence-corrected chi connectivity index (χ0v) is 18.7. The van der Waals surface area contributed by atoms with E-state index >= 15 is 0 Å². The van der Waals surface area contributed by atoms with Crippen molar-refractivity contribution in [1.82, 2.24) is 19.2 Å². The van der Waals surface area contributed by atoms with Gasteiger partial charge in [-0.3, -0.25) is 14.3 Å². The highest BCUT2D eigenvalue weighted by molar-refractivity contribution is 5.92. The van der Waals surface area contributed by atoms with Gasteiger partial charge in [-0.2, -0.15) is 5.10 Å². The van der Waals surface area contributed by atoms with Gasteiger partial charge in [0.2, 0.25) is 5.91 Å². The Morgan fingerprint density at radius 1 is 1.19 bits per heavy atom. The number of anilines is 1. The van der Waals surface area contributed by atoms with Crippen LogP contribution in [0.3, 0.4) is 0 Å². The number of methoxy groups -OCH3 is 1. The quantitative estimate of drug-likeness (QED) is 0.618. The van der Waals surface area contributed by atoms with E-state index in [9.17, 15) is 9.59 Å². The van der Waals surface area contributed by atoms with Crippen LogP contribution in [0.1, 0.15) is 38.4 Å². The lowest BCUT2D eigenvalue weighted by Gasteiger charge is -2.30. The lowest BCUT2D eigenvalue weighted by Crippen LogP contribution is -2.39. The molecule has 1 amide bonds. The molecule has 1 N–H and O–H groups in total. The number of amides is 1. The molecular weight excluding hydrogens is 398 g/mol. The first kappa shape index (κ1) is 23.0. The summed E-state index contributed by atoms with van der Waals surface area (Å²) in [4.78, 5) is 27.1. The van der Waals surface area contributed by atoms with Crippen LogP contribution in [-0.4, -0.2) is 65.1 Å². The highest BCUT2D eigenvalue weighted by Crippen LogP contribution is 2.26. The third-order valence-corrected chi connectivity index (χ3v) is 5.54. The van der Waals surface area contributed by atoms with Crippen LogP contribution in [0.25, 0.3) is 0 Å². The zero-order chi connectivity index (χ0) is 22.2. The van der Waals surface area contributed by atoms with Crippen LogP contribution in [0.15, 0.2) is 29.1 Å². The number of aromatic nitrogens is 3. The van der Waals surface area contributed by atoms with Gasteiger partial charge in [-0.25, -0.2) is 9.48 Å². The molecule has 0 saturated carbocycles. The van der Waals surface area contributed by atoms with Crippen molar-refractivity contribution >= 4 is 11.6 Å². The summed E-state index contributed by atoms with van der Waals surface area (Å²) < 4.78 is 13.8. The molecule has 1 aromatic heterocycles. The van der Waals surface area contributed by atoms with Gasteiger partial charge in [0.25, 0.3) is 0 Å². The van der Waals surface area contributed by atoms with Crippen LogP contribution >= 0.6 is 0 Å². The van der Waals surface area contributed by atoms with Crippen molar-refractivity contribution in [1.29, 1.82) is 0 Å². The van der Waals surface area contributed by atoms with Crippen LogP contribution in [0.2, 0.25) is 0 Å². The Balaban J connectivity index is 1.52. The maximum absolute atomic E-state index is 12.5. The standard InChI is InChI=1S/C22H33N5O4/c1-4-26-21(24-27(22(26)29)14-15-30-3)17-10-12-25(13-11-17)16-20(28)23-18-6-8-19(9-7-18)31-5-2/h6-9,17H,4-5,10-16H2,1-3H3,(H,23,28). The molecule has 0 bridgehead atoms. The minimum atomic E-state index is -0.0771. The number of carbonyl (C=O) groups is 1.